The minimum absolute atomic E-state index is 0.0162. The minimum Gasteiger partial charge on any atom is -0.618 e. The Kier molecular flexibility index (Phi) is 6.83. The van der Waals surface area contributed by atoms with Crippen LogP contribution in [0, 0.1) is 5.21 Å². The van der Waals surface area contributed by atoms with Crippen molar-refractivity contribution in [3.8, 4) is 0 Å². The van der Waals surface area contributed by atoms with E-state index in [1.165, 1.54) is 34.1 Å². The number of amides is 1. The number of carbonyl (C=O) groups excluding carboxylic acids is 1. The molecule has 3 rings (SSSR count). The van der Waals surface area contributed by atoms with Crippen LogP contribution in [0.3, 0.4) is 0 Å². The topological polar surface area (TPSA) is 56.0 Å². The second-order valence-electron chi connectivity index (χ2n) is 7.09. The van der Waals surface area contributed by atoms with Crippen molar-refractivity contribution in [1.82, 2.24) is 0 Å². The van der Waals surface area contributed by atoms with Crippen LogP contribution in [0.2, 0.25) is 0 Å². The van der Waals surface area contributed by atoms with Crippen LogP contribution in [0.1, 0.15) is 21.5 Å². The molecule has 0 radical (unpaired) electrons. The molecule has 1 heterocycles. The monoisotopic (exact) mass is 638 g/mol. The number of halogens is 11. The van der Waals surface area contributed by atoms with Crippen molar-refractivity contribution in [3.05, 3.63) is 75.0 Å². The van der Waals surface area contributed by atoms with Crippen molar-refractivity contribution >= 4 is 54.4 Å². The number of pyridine rings is 1. The van der Waals surface area contributed by atoms with Gasteiger partial charge in [0.1, 0.15) is 0 Å². The number of alkyl halides is 10. The highest BCUT2D eigenvalue weighted by atomic mass is 79.9. The average Bonchev–Trinajstić information content (AvgIpc) is 2.72. The van der Waals surface area contributed by atoms with Crippen LogP contribution >= 0.6 is 31.9 Å². The SMILES string of the molecule is O=C(Nc1c(Br)cc(C(F)(C(F)(F)F)C(F)(F)Br)cc1C(F)(F)F)c1ccc2ccc[n+]([O-])c2c1. The highest BCUT2D eigenvalue weighted by molar-refractivity contribution is 9.10. The Morgan fingerprint density at radius 2 is 1.57 bits per heavy atom. The van der Waals surface area contributed by atoms with Gasteiger partial charge in [-0.2, -0.15) is 39.9 Å². The molecule has 0 aliphatic heterocycles. The van der Waals surface area contributed by atoms with Crippen molar-refractivity contribution in [1.29, 1.82) is 0 Å². The standard InChI is InChI=1S/C20H9Br2F9N2O2/c21-13-8-11(17(23,19(22,27)28)20(29,30)31)7-12(18(24,25)26)15(13)32-16(34)10-4-3-9-2-1-5-33(35)14(9)6-10/h1-8H,(H,32,34). The van der Waals surface area contributed by atoms with Gasteiger partial charge in [0.2, 0.25) is 5.52 Å². The maximum atomic E-state index is 14.7. The van der Waals surface area contributed by atoms with Crippen LogP contribution in [0.25, 0.3) is 10.9 Å². The predicted octanol–water partition coefficient (Wildman–Crippen LogP) is 7.22. The number of carbonyl (C=O) groups is 1. The van der Waals surface area contributed by atoms with Crippen LogP contribution in [0.15, 0.2) is 53.1 Å². The van der Waals surface area contributed by atoms with Crippen molar-refractivity contribution in [2.75, 3.05) is 5.32 Å². The molecule has 0 spiro atoms. The first-order chi connectivity index (χ1) is 15.9. The number of fused-ring (bicyclic) bond motifs is 1. The lowest BCUT2D eigenvalue weighted by molar-refractivity contribution is -0.577. The van der Waals surface area contributed by atoms with Gasteiger partial charge in [0, 0.05) is 33.1 Å². The summed E-state index contributed by atoms with van der Waals surface area (Å²) < 4.78 is 122. The Morgan fingerprint density at radius 1 is 0.943 bits per heavy atom. The summed E-state index contributed by atoms with van der Waals surface area (Å²) in [4.78, 5) is 7.27. The molecule has 0 saturated heterocycles. The van der Waals surface area contributed by atoms with Gasteiger partial charge in [-0.15, -0.1) is 0 Å². The second-order valence-corrected chi connectivity index (χ2v) is 8.94. The summed E-state index contributed by atoms with van der Waals surface area (Å²) in [5, 5.41) is 14.1. The molecule has 2 aromatic carbocycles. The predicted molar refractivity (Wildman–Crippen MR) is 113 cm³/mol. The molecule has 0 aliphatic rings. The van der Waals surface area contributed by atoms with Gasteiger partial charge < -0.3 is 10.5 Å². The molecule has 1 N–H and O–H groups in total. The largest absolute Gasteiger partial charge is 0.618 e. The lowest BCUT2D eigenvalue weighted by Gasteiger charge is -2.33. The molecular formula is C20H9Br2F9N2O2. The molecule has 188 valence electrons. The Labute approximate surface area is 206 Å². The number of aromatic nitrogens is 1. The molecule has 35 heavy (non-hydrogen) atoms. The smallest absolute Gasteiger partial charge is 0.433 e. The summed E-state index contributed by atoms with van der Waals surface area (Å²) >= 11 is 3.77. The van der Waals surface area contributed by atoms with Crippen LogP contribution in [-0.4, -0.2) is 16.9 Å². The summed E-state index contributed by atoms with van der Waals surface area (Å²) in [5.41, 5.74) is -11.1. The molecule has 3 aromatic rings. The van der Waals surface area contributed by atoms with Gasteiger partial charge >= 0.3 is 22.9 Å². The number of benzene rings is 2. The van der Waals surface area contributed by atoms with E-state index in [9.17, 15) is 49.5 Å². The molecule has 15 heteroatoms. The minimum atomic E-state index is -6.33. The Hall–Kier alpha value is -2.55. The van der Waals surface area contributed by atoms with Gasteiger partial charge in [0.05, 0.1) is 11.3 Å². The van der Waals surface area contributed by atoms with Crippen molar-refractivity contribution in [2.24, 2.45) is 0 Å². The summed E-state index contributed by atoms with van der Waals surface area (Å²) in [7, 11) is 0. The number of hydrogen-bond acceptors (Lipinski definition) is 2. The van der Waals surface area contributed by atoms with Gasteiger partial charge in [-0.25, -0.2) is 4.39 Å². The Bertz CT molecular complexity index is 1290. The molecular weight excluding hydrogens is 631 g/mol. The van der Waals surface area contributed by atoms with E-state index in [0.29, 0.717) is 10.1 Å². The van der Waals surface area contributed by atoms with Crippen molar-refractivity contribution in [2.45, 2.75) is 22.9 Å². The molecule has 4 nitrogen and oxygen atoms in total. The third-order valence-electron chi connectivity index (χ3n) is 4.84. The van der Waals surface area contributed by atoms with Gasteiger partial charge in [0.15, 0.2) is 6.20 Å². The van der Waals surface area contributed by atoms with E-state index in [-0.39, 0.29) is 17.1 Å². The fraction of sp³-hybridized carbons (Fsp3) is 0.200. The Balaban J connectivity index is 2.15. The second kappa shape index (κ2) is 8.84. The molecule has 0 fully saturated rings. The molecule has 1 amide bonds. The lowest BCUT2D eigenvalue weighted by atomic mass is 9.92. The lowest BCUT2D eigenvalue weighted by Crippen LogP contribution is -2.49. The number of nitrogens with zero attached hydrogens (tertiary/aromatic N) is 1. The van der Waals surface area contributed by atoms with E-state index in [0.717, 1.165) is 18.3 Å². The summed E-state index contributed by atoms with van der Waals surface area (Å²) in [6.45, 7) is 0. The summed E-state index contributed by atoms with van der Waals surface area (Å²) in [6.07, 6.45) is -10.7. The summed E-state index contributed by atoms with van der Waals surface area (Å²) in [5.74, 6) is -1.22. The van der Waals surface area contributed by atoms with E-state index in [1.54, 1.807) is 0 Å². The first-order valence-corrected chi connectivity index (χ1v) is 10.6. The number of nitrogens with one attached hydrogen (secondary N) is 1. The van der Waals surface area contributed by atoms with Crippen LogP contribution < -0.4 is 10.0 Å². The molecule has 0 bridgehead atoms. The van der Waals surface area contributed by atoms with Crippen LogP contribution in [0.4, 0.5) is 45.2 Å². The first kappa shape index (κ1) is 27.0. The van der Waals surface area contributed by atoms with Gasteiger partial charge in [-0.3, -0.25) is 4.79 Å². The van der Waals surface area contributed by atoms with Crippen LogP contribution in [-0.2, 0) is 11.8 Å². The molecule has 1 atom stereocenters. The normalized spacial score (nSPS) is 14.6. The molecule has 0 saturated carbocycles. The third-order valence-corrected chi connectivity index (χ3v) is 6.01. The van der Waals surface area contributed by atoms with Crippen molar-refractivity contribution < 1.29 is 49.0 Å². The Morgan fingerprint density at radius 3 is 2.11 bits per heavy atom. The van der Waals surface area contributed by atoms with Crippen molar-refractivity contribution in [3.63, 3.8) is 0 Å². The highest BCUT2D eigenvalue weighted by Crippen LogP contribution is 2.56. The molecule has 1 unspecified atom stereocenters. The zero-order valence-corrected chi connectivity index (χ0v) is 19.7. The van der Waals surface area contributed by atoms with Gasteiger partial charge in [-0.1, -0.05) is 0 Å². The highest BCUT2D eigenvalue weighted by Gasteiger charge is 2.71. The number of rotatable bonds is 4. The maximum Gasteiger partial charge on any atom is 0.433 e. The van der Waals surface area contributed by atoms with E-state index in [1.807, 2.05) is 5.32 Å². The van der Waals surface area contributed by atoms with Crippen LogP contribution in [0.5, 0.6) is 0 Å². The maximum absolute atomic E-state index is 14.7. The molecule has 0 aliphatic carbocycles. The van der Waals surface area contributed by atoms with E-state index < -0.39 is 56.1 Å². The van der Waals surface area contributed by atoms with Gasteiger partial charge in [-0.05, 0) is 62.2 Å². The number of anilines is 1. The van der Waals surface area contributed by atoms with E-state index in [2.05, 4.69) is 15.9 Å². The zero-order valence-electron chi connectivity index (χ0n) is 16.5. The van der Waals surface area contributed by atoms with E-state index in [4.69, 9.17) is 0 Å². The first-order valence-electron chi connectivity index (χ1n) is 9.05. The zero-order chi connectivity index (χ0) is 26.6. The summed E-state index contributed by atoms with van der Waals surface area (Å²) in [6, 6.07) is 6.05. The van der Waals surface area contributed by atoms with Gasteiger partial charge in [0.25, 0.3) is 5.91 Å². The quantitative estimate of drug-likeness (QED) is 0.142. The molecule has 1 aromatic heterocycles. The number of hydrogen-bond donors (Lipinski definition) is 1. The average molecular weight is 640 g/mol. The third kappa shape index (κ3) is 4.92. The fourth-order valence-electron chi connectivity index (χ4n) is 3.15. The fourth-order valence-corrected chi connectivity index (χ4v) is 4.16. The van der Waals surface area contributed by atoms with E-state index >= 15 is 0 Å².